The lowest BCUT2D eigenvalue weighted by molar-refractivity contribution is -0.130. The van der Waals surface area contributed by atoms with Gasteiger partial charge in [0.05, 0.1) is 23.1 Å². The standard InChI is InChI=1S/C25H24N2O4S/c1-2-3-12-31-19-9-4-8-18(14-19)22-21(23(28)20-10-6-13-32-20)24(29)25(30)27(22)16-17-7-5-11-26-15-17/h4-11,13-15,22,29H,2-3,12,16H2,1H3/t22-/m1/s1. The fourth-order valence-corrected chi connectivity index (χ4v) is 4.41. The van der Waals surface area contributed by atoms with Crippen LogP contribution < -0.4 is 4.74 Å². The van der Waals surface area contributed by atoms with Crippen molar-refractivity contribution in [1.29, 1.82) is 0 Å². The summed E-state index contributed by atoms with van der Waals surface area (Å²) in [6.45, 7) is 2.89. The Morgan fingerprint density at radius 3 is 2.81 bits per heavy atom. The number of carbonyl (C=O) groups excluding carboxylic acids is 2. The van der Waals surface area contributed by atoms with Crippen molar-refractivity contribution in [3.05, 3.63) is 93.6 Å². The van der Waals surface area contributed by atoms with Gasteiger partial charge in [-0.05, 0) is 47.2 Å². The smallest absolute Gasteiger partial charge is 0.290 e. The molecule has 32 heavy (non-hydrogen) atoms. The van der Waals surface area contributed by atoms with E-state index in [9.17, 15) is 14.7 Å². The fraction of sp³-hybridized carbons (Fsp3) is 0.240. The summed E-state index contributed by atoms with van der Waals surface area (Å²) in [5.41, 5.74) is 1.60. The average molecular weight is 449 g/mol. The number of hydrogen-bond acceptors (Lipinski definition) is 6. The topological polar surface area (TPSA) is 79.7 Å². The van der Waals surface area contributed by atoms with Crippen molar-refractivity contribution in [2.45, 2.75) is 32.4 Å². The van der Waals surface area contributed by atoms with Crippen LogP contribution in [0.15, 0.2) is 77.6 Å². The zero-order chi connectivity index (χ0) is 22.5. The Morgan fingerprint density at radius 1 is 1.22 bits per heavy atom. The molecule has 6 nitrogen and oxygen atoms in total. The van der Waals surface area contributed by atoms with Crippen LogP contribution in [0.25, 0.3) is 0 Å². The molecule has 0 radical (unpaired) electrons. The Hall–Kier alpha value is -3.45. The maximum atomic E-state index is 13.3. The summed E-state index contributed by atoms with van der Waals surface area (Å²) < 4.78 is 5.85. The van der Waals surface area contributed by atoms with Gasteiger partial charge in [0.2, 0.25) is 5.78 Å². The molecule has 2 aromatic heterocycles. The third-order valence-corrected chi connectivity index (χ3v) is 6.18. The van der Waals surface area contributed by atoms with Crippen LogP contribution in [0, 0.1) is 0 Å². The Labute approximate surface area is 190 Å². The van der Waals surface area contributed by atoms with Gasteiger partial charge >= 0.3 is 0 Å². The van der Waals surface area contributed by atoms with Gasteiger partial charge in [0.15, 0.2) is 5.76 Å². The highest BCUT2D eigenvalue weighted by Crippen LogP contribution is 2.41. The minimum atomic E-state index is -0.730. The highest BCUT2D eigenvalue weighted by atomic mass is 32.1. The van der Waals surface area contributed by atoms with Gasteiger partial charge in [0, 0.05) is 18.9 Å². The molecule has 1 atom stereocenters. The molecule has 164 valence electrons. The zero-order valence-electron chi connectivity index (χ0n) is 17.7. The number of thiophene rings is 1. The summed E-state index contributed by atoms with van der Waals surface area (Å²) in [5.74, 6) is -0.758. The van der Waals surface area contributed by atoms with E-state index in [1.54, 1.807) is 36.0 Å². The van der Waals surface area contributed by atoms with Crippen LogP contribution >= 0.6 is 11.3 Å². The normalized spacial score (nSPS) is 16.0. The Bertz CT molecular complexity index is 1130. The lowest BCUT2D eigenvalue weighted by Gasteiger charge is -2.27. The molecule has 1 aliphatic rings. The number of benzene rings is 1. The van der Waals surface area contributed by atoms with E-state index >= 15 is 0 Å². The van der Waals surface area contributed by atoms with Crippen LogP contribution in [0.5, 0.6) is 5.75 Å². The predicted octanol–water partition coefficient (Wildman–Crippen LogP) is 5.10. The van der Waals surface area contributed by atoms with E-state index in [0.29, 0.717) is 22.8 Å². The number of unbranched alkanes of at least 4 members (excludes halogenated alkanes) is 1. The third-order valence-electron chi connectivity index (χ3n) is 5.31. The summed E-state index contributed by atoms with van der Waals surface area (Å²) >= 11 is 1.28. The Morgan fingerprint density at radius 2 is 2.09 bits per heavy atom. The van der Waals surface area contributed by atoms with Crippen molar-refractivity contribution in [3.8, 4) is 5.75 Å². The molecule has 1 N–H and O–H groups in total. The van der Waals surface area contributed by atoms with Crippen LogP contribution in [0.2, 0.25) is 0 Å². The third kappa shape index (κ3) is 4.43. The number of Topliss-reactive ketones (excluding diaryl/α,β-unsaturated/α-hetero) is 1. The molecule has 1 aromatic carbocycles. The molecule has 4 rings (SSSR count). The first kappa shape index (κ1) is 21.8. The van der Waals surface area contributed by atoms with E-state index in [-0.39, 0.29) is 17.9 Å². The molecular formula is C25H24N2O4S. The highest BCUT2D eigenvalue weighted by molar-refractivity contribution is 7.12. The molecule has 3 heterocycles. The van der Waals surface area contributed by atoms with Crippen molar-refractivity contribution in [1.82, 2.24) is 9.88 Å². The van der Waals surface area contributed by atoms with Crippen LogP contribution in [0.4, 0.5) is 0 Å². The van der Waals surface area contributed by atoms with Crippen LogP contribution in [0.1, 0.15) is 46.6 Å². The molecule has 0 saturated heterocycles. The van der Waals surface area contributed by atoms with Gasteiger partial charge in [-0.25, -0.2) is 0 Å². The minimum absolute atomic E-state index is 0.0899. The fourth-order valence-electron chi connectivity index (χ4n) is 3.73. The first-order valence-corrected chi connectivity index (χ1v) is 11.4. The van der Waals surface area contributed by atoms with Gasteiger partial charge in [-0.2, -0.15) is 0 Å². The van der Waals surface area contributed by atoms with Crippen LogP contribution in [-0.2, 0) is 11.3 Å². The largest absolute Gasteiger partial charge is 0.503 e. The van der Waals surface area contributed by atoms with Crippen molar-refractivity contribution >= 4 is 23.0 Å². The number of amides is 1. The number of ether oxygens (including phenoxy) is 1. The van der Waals surface area contributed by atoms with Gasteiger partial charge in [-0.3, -0.25) is 14.6 Å². The van der Waals surface area contributed by atoms with Crippen molar-refractivity contribution in [2.24, 2.45) is 0 Å². The van der Waals surface area contributed by atoms with E-state index in [1.807, 2.05) is 30.3 Å². The summed E-state index contributed by atoms with van der Waals surface area (Å²) in [6.07, 6.45) is 5.28. The lowest BCUT2D eigenvalue weighted by atomic mass is 9.95. The van der Waals surface area contributed by atoms with Crippen LogP contribution in [0.3, 0.4) is 0 Å². The number of rotatable bonds is 9. The van der Waals surface area contributed by atoms with Gasteiger partial charge in [0.1, 0.15) is 5.75 Å². The maximum Gasteiger partial charge on any atom is 0.290 e. The zero-order valence-corrected chi connectivity index (χ0v) is 18.5. The summed E-state index contributed by atoms with van der Waals surface area (Å²) in [5, 5.41) is 12.6. The minimum Gasteiger partial charge on any atom is -0.503 e. The monoisotopic (exact) mass is 448 g/mol. The van der Waals surface area contributed by atoms with E-state index in [1.165, 1.54) is 16.2 Å². The van der Waals surface area contributed by atoms with E-state index in [4.69, 9.17) is 4.74 Å². The number of nitrogens with zero attached hydrogens (tertiary/aromatic N) is 2. The number of carbonyl (C=O) groups is 2. The first-order valence-electron chi connectivity index (χ1n) is 10.5. The van der Waals surface area contributed by atoms with Crippen molar-refractivity contribution < 1.29 is 19.4 Å². The summed E-state index contributed by atoms with van der Waals surface area (Å²) in [6, 6.07) is 13.8. The molecule has 1 aliphatic heterocycles. The van der Waals surface area contributed by atoms with E-state index in [2.05, 4.69) is 11.9 Å². The molecule has 0 unspecified atom stereocenters. The number of aliphatic hydroxyl groups is 1. The van der Waals surface area contributed by atoms with Gasteiger partial charge in [0.25, 0.3) is 5.91 Å². The second-order valence-electron chi connectivity index (χ2n) is 7.54. The second kappa shape index (κ2) is 9.78. The second-order valence-corrected chi connectivity index (χ2v) is 8.49. The number of aliphatic hydroxyl groups excluding tert-OH is 1. The summed E-state index contributed by atoms with van der Waals surface area (Å²) in [4.78, 5) is 32.5. The molecule has 7 heteroatoms. The molecule has 0 spiro atoms. The number of ketones is 1. The molecule has 0 bridgehead atoms. The Kier molecular flexibility index (Phi) is 6.66. The van der Waals surface area contributed by atoms with Gasteiger partial charge in [-0.1, -0.05) is 37.6 Å². The predicted molar refractivity (Wildman–Crippen MR) is 123 cm³/mol. The van der Waals surface area contributed by atoms with Crippen LogP contribution in [-0.4, -0.2) is 33.3 Å². The van der Waals surface area contributed by atoms with E-state index < -0.39 is 17.7 Å². The SMILES string of the molecule is CCCCOc1cccc([C@@H]2C(C(=O)c3cccs3)=C(O)C(=O)N2Cc2cccnc2)c1. The van der Waals surface area contributed by atoms with Crippen molar-refractivity contribution in [3.63, 3.8) is 0 Å². The van der Waals surface area contributed by atoms with E-state index in [0.717, 1.165) is 18.4 Å². The average Bonchev–Trinajstić information content (AvgIpc) is 3.43. The first-order chi connectivity index (χ1) is 15.6. The van der Waals surface area contributed by atoms with Gasteiger partial charge < -0.3 is 14.7 Å². The highest BCUT2D eigenvalue weighted by Gasteiger charge is 2.44. The molecular weight excluding hydrogens is 424 g/mol. The van der Waals surface area contributed by atoms with Crippen molar-refractivity contribution in [2.75, 3.05) is 6.61 Å². The molecule has 3 aromatic rings. The maximum absolute atomic E-state index is 13.3. The quantitative estimate of drug-likeness (QED) is 0.364. The Balaban J connectivity index is 1.74. The lowest BCUT2D eigenvalue weighted by Crippen LogP contribution is -2.30. The summed E-state index contributed by atoms with van der Waals surface area (Å²) in [7, 11) is 0. The molecule has 0 saturated carbocycles. The van der Waals surface area contributed by atoms with Gasteiger partial charge in [-0.15, -0.1) is 11.3 Å². The molecule has 0 aliphatic carbocycles. The molecule has 0 fully saturated rings. The molecule has 1 amide bonds. The number of aromatic nitrogens is 1. The number of pyridine rings is 1. The number of hydrogen-bond donors (Lipinski definition) is 1.